The van der Waals surface area contributed by atoms with Crippen LogP contribution in [-0.2, 0) is 6.42 Å². The number of aryl methyl sites for hydroxylation is 1. The number of fused-ring (bicyclic) bond motifs is 1. The Labute approximate surface area is 77.1 Å². The summed E-state index contributed by atoms with van der Waals surface area (Å²) in [5.74, 6) is 0. The molecule has 3 nitrogen and oxygen atoms in total. The van der Waals surface area contributed by atoms with Gasteiger partial charge in [0.15, 0.2) is 0 Å². The van der Waals surface area contributed by atoms with Crippen molar-refractivity contribution in [3.05, 3.63) is 29.8 Å². The fourth-order valence-corrected chi connectivity index (χ4v) is 1.74. The van der Waals surface area contributed by atoms with E-state index in [1.165, 1.54) is 10.5 Å². The Morgan fingerprint density at radius 1 is 1.38 bits per heavy atom. The zero-order valence-corrected chi connectivity index (χ0v) is 7.29. The first-order valence-electron chi connectivity index (χ1n) is 4.40. The van der Waals surface area contributed by atoms with E-state index < -0.39 is 6.03 Å². The normalized spacial score (nSPS) is 15.2. The van der Waals surface area contributed by atoms with E-state index in [0.717, 1.165) is 18.5 Å². The number of anilines is 1. The molecule has 0 aromatic heterocycles. The van der Waals surface area contributed by atoms with E-state index in [-0.39, 0.29) is 0 Å². The molecule has 0 atom stereocenters. The van der Waals surface area contributed by atoms with E-state index in [0.29, 0.717) is 6.54 Å². The number of nitrogens with one attached hydrogen (secondary N) is 1. The molecule has 1 aromatic carbocycles. The van der Waals surface area contributed by atoms with Crippen LogP contribution in [0.25, 0.3) is 0 Å². The summed E-state index contributed by atoms with van der Waals surface area (Å²) in [6.07, 6.45) is 1.97. The topological polar surface area (TPSA) is 44.1 Å². The fraction of sp³-hybridized carbons (Fsp3) is 0.300. The largest absolute Gasteiger partial charge is 0.340 e. The van der Waals surface area contributed by atoms with Crippen molar-refractivity contribution in [2.75, 3.05) is 11.4 Å². The highest BCUT2D eigenvalue weighted by atomic mass is 16.2. The maximum Gasteiger partial charge on any atom is 0.340 e. The highest BCUT2D eigenvalue weighted by Crippen LogP contribution is 2.26. The van der Waals surface area contributed by atoms with Gasteiger partial charge in [-0.1, -0.05) is 18.2 Å². The number of rotatable bonds is 0. The number of hydrogen-bond acceptors (Lipinski definition) is 1. The number of amides is 2. The average Bonchev–Trinajstić information content (AvgIpc) is 2.17. The van der Waals surface area contributed by atoms with Crippen molar-refractivity contribution in [1.29, 1.82) is 0 Å². The summed E-state index contributed by atoms with van der Waals surface area (Å²) >= 11 is 0. The second kappa shape index (κ2) is 3.09. The average molecular weight is 175 g/mol. The first-order chi connectivity index (χ1) is 6.29. The maximum atomic E-state index is 11.0. The monoisotopic (exact) mass is 175 g/mol. The van der Waals surface area contributed by atoms with Crippen molar-refractivity contribution in [2.24, 2.45) is 0 Å². The number of carbonyl (C=O) groups excluding carboxylic acids is 1. The zero-order valence-electron chi connectivity index (χ0n) is 7.29. The van der Waals surface area contributed by atoms with Crippen molar-refractivity contribution in [2.45, 2.75) is 12.8 Å². The van der Waals surface area contributed by atoms with Crippen molar-refractivity contribution < 1.29 is 4.79 Å². The van der Waals surface area contributed by atoms with Crippen LogP contribution in [0.15, 0.2) is 24.3 Å². The van der Waals surface area contributed by atoms with Gasteiger partial charge in [0.2, 0.25) is 0 Å². The first kappa shape index (κ1) is 8.10. The fourth-order valence-electron chi connectivity index (χ4n) is 1.74. The lowest BCUT2D eigenvalue weighted by Crippen LogP contribution is -2.34. The summed E-state index contributed by atoms with van der Waals surface area (Å²) in [5.41, 5.74) is 9.18. The summed E-state index contributed by atoms with van der Waals surface area (Å²) in [6, 6.07) is 7.19. The molecule has 1 N–H and O–H groups in total. The van der Waals surface area contributed by atoms with Crippen LogP contribution in [0.2, 0.25) is 0 Å². The van der Waals surface area contributed by atoms with E-state index in [9.17, 15) is 4.79 Å². The maximum absolute atomic E-state index is 11.0. The molecule has 0 fully saturated rings. The van der Waals surface area contributed by atoms with Crippen LogP contribution in [0, 0.1) is 0 Å². The molecular formula is C10H11N2O. The molecule has 0 aliphatic carbocycles. The van der Waals surface area contributed by atoms with Crippen LogP contribution in [0.5, 0.6) is 0 Å². The second-order valence-electron chi connectivity index (χ2n) is 3.19. The minimum atomic E-state index is -0.604. The van der Waals surface area contributed by atoms with Crippen molar-refractivity contribution >= 4 is 11.7 Å². The van der Waals surface area contributed by atoms with Crippen molar-refractivity contribution in [1.82, 2.24) is 5.73 Å². The Hall–Kier alpha value is -1.51. The molecule has 1 aromatic rings. The van der Waals surface area contributed by atoms with E-state index in [4.69, 9.17) is 5.73 Å². The molecule has 2 amide bonds. The van der Waals surface area contributed by atoms with Gasteiger partial charge in [-0.15, -0.1) is 0 Å². The van der Waals surface area contributed by atoms with Gasteiger partial charge in [-0.05, 0) is 24.5 Å². The lowest BCUT2D eigenvalue weighted by molar-refractivity contribution is 0.252. The SMILES string of the molecule is [NH]C(=O)N1CCCc2ccccc21. The molecular weight excluding hydrogens is 164 g/mol. The van der Waals surface area contributed by atoms with Gasteiger partial charge >= 0.3 is 6.03 Å². The van der Waals surface area contributed by atoms with Gasteiger partial charge in [-0.2, -0.15) is 0 Å². The molecule has 0 unspecified atom stereocenters. The third-order valence-electron chi connectivity index (χ3n) is 2.36. The highest BCUT2D eigenvalue weighted by Gasteiger charge is 2.19. The number of para-hydroxylation sites is 1. The van der Waals surface area contributed by atoms with Crippen molar-refractivity contribution in [3.8, 4) is 0 Å². The molecule has 13 heavy (non-hydrogen) atoms. The van der Waals surface area contributed by atoms with Gasteiger partial charge in [0.25, 0.3) is 0 Å². The molecule has 2 rings (SSSR count). The molecule has 3 heteroatoms. The van der Waals surface area contributed by atoms with Crippen LogP contribution in [-0.4, -0.2) is 12.6 Å². The van der Waals surface area contributed by atoms with Crippen LogP contribution in [0.1, 0.15) is 12.0 Å². The lowest BCUT2D eigenvalue weighted by Gasteiger charge is -2.27. The molecule has 0 saturated carbocycles. The summed E-state index contributed by atoms with van der Waals surface area (Å²) in [6.45, 7) is 0.680. The number of urea groups is 1. The Morgan fingerprint density at radius 2 is 2.15 bits per heavy atom. The summed E-state index contributed by atoms with van der Waals surface area (Å²) in [7, 11) is 0. The minimum Gasteiger partial charge on any atom is -0.293 e. The molecule has 1 radical (unpaired) electrons. The molecule has 0 spiro atoms. The molecule has 1 aliphatic heterocycles. The van der Waals surface area contributed by atoms with Gasteiger partial charge in [-0.3, -0.25) is 4.90 Å². The Balaban J connectivity index is 2.42. The zero-order chi connectivity index (χ0) is 9.26. The van der Waals surface area contributed by atoms with Crippen LogP contribution in [0.4, 0.5) is 10.5 Å². The number of carbonyl (C=O) groups is 1. The van der Waals surface area contributed by atoms with E-state index in [1.54, 1.807) is 0 Å². The standard InChI is InChI=1S/C10H11N2O/c11-10(13)12-7-3-5-8-4-1-2-6-9(8)12/h1-2,4,6,11H,3,5,7H2. The van der Waals surface area contributed by atoms with Crippen LogP contribution < -0.4 is 10.6 Å². The van der Waals surface area contributed by atoms with Crippen LogP contribution >= 0.6 is 0 Å². The highest BCUT2D eigenvalue weighted by molar-refractivity contribution is 5.91. The van der Waals surface area contributed by atoms with Gasteiger partial charge < -0.3 is 0 Å². The first-order valence-corrected chi connectivity index (χ1v) is 4.40. The predicted octanol–water partition coefficient (Wildman–Crippen LogP) is 1.84. The second-order valence-corrected chi connectivity index (χ2v) is 3.19. The smallest absolute Gasteiger partial charge is 0.293 e. The van der Waals surface area contributed by atoms with Crippen LogP contribution in [0.3, 0.4) is 0 Å². The third-order valence-corrected chi connectivity index (χ3v) is 2.36. The third kappa shape index (κ3) is 1.37. The summed E-state index contributed by atoms with van der Waals surface area (Å²) < 4.78 is 0. The number of nitrogens with zero attached hydrogens (tertiary/aromatic N) is 1. The Morgan fingerprint density at radius 3 is 2.92 bits per heavy atom. The molecule has 0 bridgehead atoms. The van der Waals surface area contributed by atoms with Gasteiger partial charge in [0.05, 0.1) is 0 Å². The van der Waals surface area contributed by atoms with Gasteiger partial charge in [0, 0.05) is 12.2 Å². The van der Waals surface area contributed by atoms with Crippen molar-refractivity contribution in [3.63, 3.8) is 0 Å². The summed E-state index contributed by atoms with van der Waals surface area (Å²) in [4.78, 5) is 12.5. The Bertz CT molecular complexity index is 335. The molecule has 67 valence electrons. The van der Waals surface area contributed by atoms with Gasteiger partial charge in [0.1, 0.15) is 0 Å². The van der Waals surface area contributed by atoms with E-state index in [1.807, 2.05) is 24.3 Å². The molecule has 1 aliphatic rings. The predicted molar refractivity (Wildman–Crippen MR) is 50.6 cm³/mol. The number of hydrogen-bond donors (Lipinski definition) is 0. The quantitative estimate of drug-likeness (QED) is 0.593. The minimum absolute atomic E-state index is 0.604. The molecule has 1 heterocycles. The molecule has 0 saturated heterocycles. The van der Waals surface area contributed by atoms with E-state index >= 15 is 0 Å². The summed E-state index contributed by atoms with van der Waals surface area (Å²) in [5, 5.41) is 0. The lowest BCUT2D eigenvalue weighted by atomic mass is 10.0. The Kier molecular flexibility index (Phi) is 1.93. The van der Waals surface area contributed by atoms with E-state index in [2.05, 4.69) is 0 Å². The number of benzene rings is 1. The van der Waals surface area contributed by atoms with Gasteiger partial charge in [-0.25, -0.2) is 10.5 Å².